The SMILES string of the molecule is COc1cccc(C=c2sc3nc(-c4ccccc4C)nn3c2=O)c1OC. The van der Waals surface area contributed by atoms with Crippen LogP contribution < -0.4 is 19.6 Å². The summed E-state index contributed by atoms with van der Waals surface area (Å²) in [7, 11) is 3.15. The van der Waals surface area contributed by atoms with E-state index >= 15 is 0 Å². The van der Waals surface area contributed by atoms with Gasteiger partial charge in [0.2, 0.25) is 4.96 Å². The highest BCUT2D eigenvalue weighted by Crippen LogP contribution is 2.31. The average molecular weight is 379 g/mol. The van der Waals surface area contributed by atoms with Crippen molar-refractivity contribution in [1.82, 2.24) is 14.6 Å². The van der Waals surface area contributed by atoms with Crippen molar-refractivity contribution in [3.05, 3.63) is 68.5 Å². The van der Waals surface area contributed by atoms with Crippen LogP contribution in [0.5, 0.6) is 11.5 Å². The van der Waals surface area contributed by atoms with Gasteiger partial charge in [-0.3, -0.25) is 4.79 Å². The molecule has 0 radical (unpaired) electrons. The Morgan fingerprint density at radius 3 is 2.59 bits per heavy atom. The van der Waals surface area contributed by atoms with Crippen molar-refractivity contribution in [1.29, 1.82) is 0 Å². The van der Waals surface area contributed by atoms with E-state index < -0.39 is 0 Å². The smallest absolute Gasteiger partial charge is 0.291 e. The summed E-state index contributed by atoms with van der Waals surface area (Å²) in [4.78, 5) is 17.9. The monoisotopic (exact) mass is 379 g/mol. The topological polar surface area (TPSA) is 65.7 Å². The van der Waals surface area contributed by atoms with Crippen LogP contribution in [0.1, 0.15) is 11.1 Å². The Kier molecular flexibility index (Phi) is 4.37. The number of thiazole rings is 1. The molecule has 0 aliphatic heterocycles. The third-order valence-electron chi connectivity index (χ3n) is 4.29. The van der Waals surface area contributed by atoms with Gasteiger partial charge in [-0.25, -0.2) is 0 Å². The minimum Gasteiger partial charge on any atom is -0.493 e. The first-order valence-electron chi connectivity index (χ1n) is 8.30. The van der Waals surface area contributed by atoms with E-state index in [0.29, 0.717) is 26.8 Å². The zero-order valence-electron chi connectivity index (χ0n) is 15.1. The summed E-state index contributed by atoms with van der Waals surface area (Å²) in [5.74, 6) is 1.75. The number of benzene rings is 2. The van der Waals surface area contributed by atoms with Crippen molar-refractivity contribution in [2.75, 3.05) is 14.2 Å². The molecule has 0 fully saturated rings. The number of hydrogen-bond donors (Lipinski definition) is 0. The van der Waals surface area contributed by atoms with Crippen molar-refractivity contribution in [3.63, 3.8) is 0 Å². The molecule has 0 spiro atoms. The summed E-state index contributed by atoms with van der Waals surface area (Å²) in [5.41, 5.74) is 2.55. The van der Waals surface area contributed by atoms with Crippen LogP contribution in [-0.4, -0.2) is 28.8 Å². The summed E-state index contributed by atoms with van der Waals surface area (Å²) in [6, 6.07) is 13.4. The molecular formula is C20H17N3O3S. The van der Waals surface area contributed by atoms with Crippen molar-refractivity contribution in [2.45, 2.75) is 6.92 Å². The van der Waals surface area contributed by atoms with Gasteiger partial charge in [-0.15, -0.1) is 5.10 Å². The fourth-order valence-corrected chi connectivity index (χ4v) is 3.84. The highest BCUT2D eigenvalue weighted by molar-refractivity contribution is 7.15. The zero-order valence-corrected chi connectivity index (χ0v) is 15.9. The van der Waals surface area contributed by atoms with Crippen LogP contribution in [0.15, 0.2) is 47.3 Å². The van der Waals surface area contributed by atoms with Crippen LogP contribution in [0.25, 0.3) is 22.4 Å². The molecule has 4 rings (SSSR count). The second-order valence-electron chi connectivity index (χ2n) is 5.94. The van der Waals surface area contributed by atoms with Crippen molar-refractivity contribution >= 4 is 22.4 Å². The Bertz CT molecular complexity index is 1240. The predicted octanol–water partition coefficient (Wildman–Crippen LogP) is 2.69. The highest BCUT2D eigenvalue weighted by Gasteiger charge is 2.14. The molecule has 0 amide bonds. The van der Waals surface area contributed by atoms with Crippen molar-refractivity contribution in [3.8, 4) is 22.9 Å². The molecule has 0 N–H and O–H groups in total. The molecule has 2 aromatic carbocycles. The Labute approximate surface area is 159 Å². The van der Waals surface area contributed by atoms with E-state index in [1.165, 1.54) is 15.9 Å². The molecule has 2 aromatic heterocycles. The number of nitrogens with zero attached hydrogens (tertiary/aromatic N) is 3. The van der Waals surface area contributed by atoms with Crippen LogP contribution in [0.2, 0.25) is 0 Å². The highest BCUT2D eigenvalue weighted by atomic mass is 32.1. The van der Waals surface area contributed by atoms with E-state index in [9.17, 15) is 4.79 Å². The fraction of sp³-hybridized carbons (Fsp3) is 0.150. The van der Waals surface area contributed by atoms with Crippen LogP contribution in [0, 0.1) is 6.92 Å². The molecule has 0 atom stereocenters. The van der Waals surface area contributed by atoms with Gasteiger partial charge < -0.3 is 9.47 Å². The van der Waals surface area contributed by atoms with Gasteiger partial charge in [0, 0.05) is 11.1 Å². The van der Waals surface area contributed by atoms with Gasteiger partial charge in [-0.1, -0.05) is 47.7 Å². The number of aromatic nitrogens is 3. The molecule has 0 aliphatic carbocycles. The quantitative estimate of drug-likeness (QED) is 0.545. The lowest BCUT2D eigenvalue weighted by Crippen LogP contribution is -2.23. The molecule has 0 saturated heterocycles. The van der Waals surface area contributed by atoms with Crippen LogP contribution >= 0.6 is 11.3 Å². The lowest BCUT2D eigenvalue weighted by molar-refractivity contribution is 0.354. The first-order chi connectivity index (χ1) is 13.1. The molecule has 6 nitrogen and oxygen atoms in total. The van der Waals surface area contributed by atoms with Gasteiger partial charge in [0.25, 0.3) is 5.56 Å². The molecule has 0 bridgehead atoms. The van der Waals surface area contributed by atoms with Gasteiger partial charge in [-0.05, 0) is 24.6 Å². The molecule has 7 heteroatoms. The number of ether oxygens (including phenoxy) is 2. The van der Waals surface area contributed by atoms with Gasteiger partial charge in [0.05, 0.1) is 18.8 Å². The maximum absolute atomic E-state index is 12.8. The van der Waals surface area contributed by atoms with Crippen LogP contribution in [0.4, 0.5) is 0 Å². The zero-order chi connectivity index (χ0) is 19.0. The second-order valence-corrected chi connectivity index (χ2v) is 6.95. The van der Waals surface area contributed by atoms with Gasteiger partial charge in [-0.2, -0.15) is 9.50 Å². The third kappa shape index (κ3) is 2.96. The Morgan fingerprint density at radius 1 is 1.07 bits per heavy atom. The molecule has 0 saturated carbocycles. The minimum absolute atomic E-state index is 0.202. The van der Waals surface area contributed by atoms with E-state index in [-0.39, 0.29) is 5.56 Å². The maximum Gasteiger partial charge on any atom is 0.291 e. The summed E-state index contributed by atoms with van der Waals surface area (Å²) < 4.78 is 12.6. The molecule has 4 aromatic rings. The Morgan fingerprint density at radius 2 is 1.89 bits per heavy atom. The fourth-order valence-electron chi connectivity index (χ4n) is 2.94. The second kappa shape index (κ2) is 6.85. The van der Waals surface area contributed by atoms with Crippen LogP contribution in [0.3, 0.4) is 0 Å². The van der Waals surface area contributed by atoms with Gasteiger partial charge >= 0.3 is 0 Å². The summed E-state index contributed by atoms with van der Waals surface area (Å²) in [6.45, 7) is 2.00. The number of para-hydroxylation sites is 1. The van der Waals surface area contributed by atoms with Gasteiger partial charge in [0.1, 0.15) is 0 Å². The number of hydrogen-bond acceptors (Lipinski definition) is 6. The predicted molar refractivity (Wildman–Crippen MR) is 106 cm³/mol. The van der Waals surface area contributed by atoms with E-state index in [0.717, 1.165) is 16.7 Å². The minimum atomic E-state index is -0.202. The van der Waals surface area contributed by atoms with E-state index in [4.69, 9.17) is 9.47 Å². The average Bonchev–Trinajstić information content (AvgIpc) is 3.21. The summed E-state index contributed by atoms with van der Waals surface area (Å²) >= 11 is 1.30. The first-order valence-corrected chi connectivity index (χ1v) is 9.12. The molecule has 27 heavy (non-hydrogen) atoms. The standard InChI is InChI=1S/C20H17N3O3S/c1-12-7-4-5-9-14(12)18-21-20-23(22-18)19(24)16(27-20)11-13-8-6-10-15(25-2)17(13)26-3/h4-11H,1-3H3. The number of aryl methyl sites for hydroxylation is 1. The largest absolute Gasteiger partial charge is 0.493 e. The first kappa shape index (κ1) is 17.2. The summed E-state index contributed by atoms with van der Waals surface area (Å²) in [5, 5.41) is 4.41. The van der Waals surface area contributed by atoms with Crippen molar-refractivity contribution in [2.24, 2.45) is 0 Å². The third-order valence-corrected chi connectivity index (χ3v) is 5.25. The molecule has 2 heterocycles. The van der Waals surface area contributed by atoms with Crippen LogP contribution in [-0.2, 0) is 0 Å². The Balaban J connectivity index is 1.85. The summed E-state index contributed by atoms with van der Waals surface area (Å²) in [6.07, 6.45) is 1.78. The van der Waals surface area contributed by atoms with E-state index in [2.05, 4.69) is 10.1 Å². The van der Waals surface area contributed by atoms with E-state index in [1.807, 2.05) is 49.4 Å². The van der Waals surface area contributed by atoms with Crippen molar-refractivity contribution < 1.29 is 9.47 Å². The van der Waals surface area contributed by atoms with E-state index in [1.54, 1.807) is 20.3 Å². The Hall–Kier alpha value is -3.19. The number of methoxy groups -OCH3 is 2. The molecular weight excluding hydrogens is 362 g/mol. The lowest BCUT2D eigenvalue weighted by Gasteiger charge is -2.09. The molecule has 0 aliphatic rings. The number of rotatable bonds is 4. The molecule has 0 unspecified atom stereocenters. The maximum atomic E-state index is 12.8. The molecule has 136 valence electrons. The lowest BCUT2D eigenvalue weighted by atomic mass is 10.1. The number of fused-ring (bicyclic) bond motifs is 1. The van der Waals surface area contributed by atoms with Gasteiger partial charge in [0.15, 0.2) is 17.3 Å². The normalized spacial score (nSPS) is 11.9.